The maximum Gasteiger partial charge on any atom is 0.00682 e. The molecule has 1 aliphatic rings. The van der Waals surface area contributed by atoms with E-state index in [1.54, 1.807) is 0 Å². The molecule has 0 spiro atoms. The van der Waals surface area contributed by atoms with E-state index >= 15 is 0 Å². The fourth-order valence-corrected chi connectivity index (χ4v) is 2.15. The molecular weight excluding hydrogens is 196 g/mol. The number of hydrogen-bond acceptors (Lipinski definition) is 2. The van der Waals surface area contributed by atoms with E-state index in [0.717, 1.165) is 6.04 Å². The molecule has 0 aromatic heterocycles. The first-order chi connectivity index (χ1) is 7.86. The zero-order valence-electron chi connectivity index (χ0n) is 11.3. The Bertz CT molecular complexity index is 155. The second-order valence-electron chi connectivity index (χ2n) is 5.08. The van der Waals surface area contributed by atoms with Gasteiger partial charge in [0.15, 0.2) is 0 Å². The largest absolute Gasteiger partial charge is 0.314 e. The molecule has 16 heavy (non-hydrogen) atoms. The minimum absolute atomic E-state index is 0.889. The Kier molecular flexibility index (Phi) is 7.87. The van der Waals surface area contributed by atoms with Crippen LogP contribution in [0.4, 0.5) is 0 Å². The van der Waals surface area contributed by atoms with Crippen LogP contribution in [0.25, 0.3) is 0 Å². The molecule has 2 heteroatoms. The zero-order chi connectivity index (χ0) is 11.6. The molecule has 1 saturated carbocycles. The van der Waals surface area contributed by atoms with Gasteiger partial charge in [-0.05, 0) is 58.3 Å². The molecule has 0 saturated heterocycles. The van der Waals surface area contributed by atoms with E-state index in [1.807, 2.05) is 0 Å². The molecule has 0 aromatic rings. The average molecular weight is 226 g/mol. The molecule has 0 unspecified atom stereocenters. The Morgan fingerprint density at radius 3 is 2.38 bits per heavy atom. The molecule has 0 atom stereocenters. The van der Waals surface area contributed by atoms with Crippen molar-refractivity contribution in [1.29, 1.82) is 0 Å². The lowest BCUT2D eigenvalue weighted by atomic mass is 10.2. The van der Waals surface area contributed by atoms with Crippen molar-refractivity contribution in [3.63, 3.8) is 0 Å². The van der Waals surface area contributed by atoms with Gasteiger partial charge in [-0.3, -0.25) is 0 Å². The lowest BCUT2D eigenvalue weighted by Crippen LogP contribution is -2.25. The number of hydrogen-bond donors (Lipinski definition) is 1. The summed E-state index contributed by atoms with van der Waals surface area (Å²) in [5, 5.41) is 3.58. The molecule has 1 fully saturated rings. The van der Waals surface area contributed by atoms with Crippen molar-refractivity contribution >= 4 is 0 Å². The highest BCUT2D eigenvalue weighted by Gasteiger charge is 2.19. The smallest absolute Gasteiger partial charge is 0.00682 e. The second kappa shape index (κ2) is 9.00. The van der Waals surface area contributed by atoms with Gasteiger partial charge in [-0.25, -0.2) is 0 Å². The van der Waals surface area contributed by atoms with Crippen molar-refractivity contribution in [2.45, 2.75) is 64.8 Å². The van der Waals surface area contributed by atoms with Gasteiger partial charge in [0.1, 0.15) is 0 Å². The fraction of sp³-hybridized carbons (Fsp3) is 1.00. The normalized spacial score (nSPS) is 15.9. The Morgan fingerprint density at radius 1 is 1.00 bits per heavy atom. The molecule has 0 heterocycles. The third-order valence-electron chi connectivity index (χ3n) is 3.40. The van der Waals surface area contributed by atoms with Crippen LogP contribution in [-0.2, 0) is 0 Å². The third kappa shape index (κ3) is 7.24. The number of nitrogens with zero attached hydrogens (tertiary/aromatic N) is 1. The van der Waals surface area contributed by atoms with E-state index in [9.17, 15) is 0 Å². The number of nitrogens with one attached hydrogen (secondary N) is 1. The van der Waals surface area contributed by atoms with Gasteiger partial charge < -0.3 is 10.2 Å². The molecule has 96 valence electrons. The van der Waals surface area contributed by atoms with Crippen LogP contribution in [0.5, 0.6) is 0 Å². The van der Waals surface area contributed by atoms with Crippen LogP contribution in [0.15, 0.2) is 0 Å². The van der Waals surface area contributed by atoms with Crippen molar-refractivity contribution in [2.24, 2.45) is 0 Å². The minimum atomic E-state index is 0.889. The molecule has 0 bridgehead atoms. The maximum atomic E-state index is 3.58. The molecule has 1 N–H and O–H groups in total. The highest BCUT2D eigenvalue weighted by Crippen LogP contribution is 2.18. The van der Waals surface area contributed by atoms with Crippen LogP contribution in [0.2, 0.25) is 0 Å². The van der Waals surface area contributed by atoms with Crippen molar-refractivity contribution in [1.82, 2.24) is 10.2 Å². The van der Waals surface area contributed by atoms with Gasteiger partial charge in [0, 0.05) is 6.04 Å². The summed E-state index contributed by atoms with van der Waals surface area (Å²) >= 11 is 0. The van der Waals surface area contributed by atoms with Crippen LogP contribution >= 0.6 is 0 Å². The highest BCUT2D eigenvalue weighted by molar-refractivity contribution is 4.80. The Balaban J connectivity index is 1.78. The summed E-state index contributed by atoms with van der Waals surface area (Å²) < 4.78 is 0. The highest BCUT2D eigenvalue weighted by atomic mass is 15.1. The molecule has 2 nitrogen and oxygen atoms in total. The lowest BCUT2D eigenvalue weighted by Gasteiger charge is -2.19. The van der Waals surface area contributed by atoms with E-state index < -0.39 is 0 Å². The third-order valence-corrected chi connectivity index (χ3v) is 3.40. The second-order valence-corrected chi connectivity index (χ2v) is 5.08. The van der Waals surface area contributed by atoms with Crippen molar-refractivity contribution < 1.29 is 0 Å². The molecule has 0 aliphatic heterocycles. The first-order valence-corrected chi connectivity index (χ1v) is 7.32. The Hall–Kier alpha value is -0.0800. The van der Waals surface area contributed by atoms with Crippen LogP contribution in [0.3, 0.4) is 0 Å². The SMILES string of the molecule is CCCN(CC)CCCCCCNC1CC1. The van der Waals surface area contributed by atoms with Gasteiger partial charge in [0.25, 0.3) is 0 Å². The van der Waals surface area contributed by atoms with Crippen LogP contribution < -0.4 is 5.32 Å². The van der Waals surface area contributed by atoms with E-state index in [4.69, 9.17) is 0 Å². The van der Waals surface area contributed by atoms with Crippen molar-refractivity contribution in [3.05, 3.63) is 0 Å². The van der Waals surface area contributed by atoms with Gasteiger partial charge in [-0.1, -0.05) is 26.7 Å². The summed E-state index contributed by atoms with van der Waals surface area (Å²) in [5.74, 6) is 0. The van der Waals surface area contributed by atoms with Gasteiger partial charge in [0.05, 0.1) is 0 Å². The standard InChI is InChI=1S/C14H30N2/c1-3-12-16(4-2)13-8-6-5-7-11-15-14-9-10-14/h14-15H,3-13H2,1-2H3. The van der Waals surface area contributed by atoms with Gasteiger partial charge >= 0.3 is 0 Å². The summed E-state index contributed by atoms with van der Waals surface area (Å²) in [7, 11) is 0. The molecule has 0 aromatic carbocycles. The maximum absolute atomic E-state index is 3.58. The van der Waals surface area contributed by atoms with Crippen molar-refractivity contribution in [3.8, 4) is 0 Å². The summed E-state index contributed by atoms with van der Waals surface area (Å²) in [6.45, 7) is 9.59. The van der Waals surface area contributed by atoms with E-state index in [2.05, 4.69) is 24.1 Å². The Labute approximate surface area is 102 Å². The number of unbranched alkanes of at least 4 members (excludes halogenated alkanes) is 3. The van der Waals surface area contributed by atoms with E-state index in [0.29, 0.717) is 0 Å². The first-order valence-electron chi connectivity index (χ1n) is 7.32. The fourth-order valence-electron chi connectivity index (χ4n) is 2.15. The molecule has 0 radical (unpaired) electrons. The monoisotopic (exact) mass is 226 g/mol. The van der Waals surface area contributed by atoms with Gasteiger partial charge in [-0.2, -0.15) is 0 Å². The summed E-state index contributed by atoms with van der Waals surface area (Å²) in [6, 6.07) is 0.889. The molecular formula is C14H30N2. The summed E-state index contributed by atoms with van der Waals surface area (Å²) in [4.78, 5) is 2.57. The van der Waals surface area contributed by atoms with E-state index in [1.165, 1.54) is 71.1 Å². The van der Waals surface area contributed by atoms with Crippen LogP contribution in [-0.4, -0.2) is 37.1 Å². The van der Waals surface area contributed by atoms with Gasteiger partial charge in [-0.15, -0.1) is 0 Å². The zero-order valence-corrected chi connectivity index (χ0v) is 11.3. The number of rotatable bonds is 11. The van der Waals surface area contributed by atoms with Crippen LogP contribution in [0, 0.1) is 0 Å². The molecule has 1 aliphatic carbocycles. The van der Waals surface area contributed by atoms with Gasteiger partial charge in [0.2, 0.25) is 0 Å². The average Bonchev–Trinajstić information content (AvgIpc) is 3.10. The van der Waals surface area contributed by atoms with Crippen molar-refractivity contribution in [2.75, 3.05) is 26.2 Å². The van der Waals surface area contributed by atoms with E-state index in [-0.39, 0.29) is 0 Å². The molecule has 0 amide bonds. The minimum Gasteiger partial charge on any atom is -0.314 e. The first kappa shape index (κ1) is 14.0. The lowest BCUT2D eigenvalue weighted by molar-refractivity contribution is 0.281. The molecule has 1 rings (SSSR count). The topological polar surface area (TPSA) is 15.3 Å². The predicted molar refractivity (Wildman–Crippen MR) is 71.9 cm³/mol. The quantitative estimate of drug-likeness (QED) is 0.545. The van der Waals surface area contributed by atoms with Crippen LogP contribution in [0.1, 0.15) is 58.8 Å². The predicted octanol–water partition coefficient (Wildman–Crippen LogP) is 3.03. The summed E-state index contributed by atoms with van der Waals surface area (Å²) in [5.41, 5.74) is 0. The summed E-state index contributed by atoms with van der Waals surface area (Å²) in [6.07, 6.45) is 9.70. The Morgan fingerprint density at radius 2 is 1.75 bits per heavy atom.